The van der Waals surface area contributed by atoms with Gasteiger partial charge in [-0.05, 0) is 40.1 Å². The average molecular weight is 262 g/mol. The largest absolute Gasteiger partial charge is 0.320 e. The lowest BCUT2D eigenvalue weighted by Gasteiger charge is -2.10. The zero-order chi connectivity index (χ0) is 10.8. The molecule has 2 N–H and O–H groups in total. The molecule has 1 aromatic heterocycles. The highest BCUT2D eigenvalue weighted by Crippen LogP contribution is 2.22. The third kappa shape index (κ3) is 2.78. The van der Waals surface area contributed by atoms with Crippen LogP contribution in [-0.4, -0.2) is 0 Å². The molecular weight excluding hydrogens is 252 g/mol. The summed E-state index contributed by atoms with van der Waals surface area (Å²) in [6, 6.07) is 4.72. The first-order valence-corrected chi connectivity index (χ1v) is 5.35. The predicted molar refractivity (Wildman–Crippen MR) is 64.0 cm³/mol. The van der Waals surface area contributed by atoms with E-state index in [-0.39, 0.29) is 12.4 Å². The molecule has 0 amide bonds. The molecule has 5 heteroatoms. The highest BCUT2D eigenvalue weighted by molar-refractivity contribution is 7.08. The first-order valence-electron chi connectivity index (χ1n) is 4.40. The molecule has 2 aromatic rings. The van der Waals surface area contributed by atoms with E-state index in [0.29, 0.717) is 5.56 Å². The van der Waals surface area contributed by atoms with Gasteiger partial charge in [-0.15, -0.1) is 12.4 Å². The van der Waals surface area contributed by atoms with Gasteiger partial charge in [-0.2, -0.15) is 11.3 Å². The summed E-state index contributed by atoms with van der Waals surface area (Å²) in [7, 11) is 0. The summed E-state index contributed by atoms with van der Waals surface area (Å²) in [6.07, 6.45) is 0. The maximum Gasteiger partial charge on any atom is 0.126 e. The van der Waals surface area contributed by atoms with Gasteiger partial charge in [-0.25, -0.2) is 8.78 Å². The molecule has 0 saturated heterocycles. The van der Waals surface area contributed by atoms with Crippen LogP contribution in [0.2, 0.25) is 0 Å². The fraction of sp³-hybridized carbons (Fsp3) is 0.0909. The van der Waals surface area contributed by atoms with Gasteiger partial charge in [-0.3, -0.25) is 0 Å². The van der Waals surface area contributed by atoms with Crippen molar-refractivity contribution in [1.29, 1.82) is 0 Å². The van der Waals surface area contributed by atoms with Gasteiger partial charge in [0.1, 0.15) is 11.6 Å². The van der Waals surface area contributed by atoms with E-state index in [1.807, 2.05) is 16.8 Å². The molecule has 2 rings (SSSR count). The van der Waals surface area contributed by atoms with Gasteiger partial charge in [0.05, 0.1) is 6.04 Å². The summed E-state index contributed by atoms with van der Waals surface area (Å²) >= 11 is 1.50. The topological polar surface area (TPSA) is 26.0 Å². The Labute approximate surface area is 102 Å². The molecule has 16 heavy (non-hydrogen) atoms. The van der Waals surface area contributed by atoms with Crippen LogP contribution in [0.4, 0.5) is 8.78 Å². The molecule has 0 saturated carbocycles. The van der Waals surface area contributed by atoms with Crippen molar-refractivity contribution >= 4 is 23.7 Å². The number of hydrogen-bond donors (Lipinski definition) is 1. The van der Waals surface area contributed by atoms with Crippen LogP contribution in [0.5, 0.6) is 0 Å². The number of halogens is 3. The molecule has 0 aliphatic heterocycles. The molecule has 1 atom stereocenters. The molecule has 86 valence electrons. The van der Waals surface area contributed by atoms with E-state index in [9.17, 15) is 8.78 Å². The summed E-state index contributed by atoms with van der Waals surface area (Å²) in [4.78, 5) is 0. The van der Waals surface area contributed by atoms with E-state index < -0.39 is 17.7 Å². The van der Waals surface area contributed by atoms with Crippen LogP contribution in [0, 0.1) is 11.6 Å². The van der Waals surface area contributed by atoms with Crippen molar-refractivity contribution in [2.75, 3.05) is 0 Å². The van der Waals surface area contributed by atoms with E-state index in [1.54, 1.807) is 0 Å². The van der Waals surface area contributed by atoms with Gasteiger partial charge < -0.3 is 5.73 Å². The van der Waals surface area contributed by atoms with Crippen LogP contribution in [0.3, 0.4) is 0 Å². The van der Waals surface area contributed by atoms with Crippen molar-refractivity contribution in [3.05, 3.63) is 57.8 Å². The summed E-state index contributed by atoms with van der Waals surface area (Å²) in [5.74, 6) is -1.20. The second-order valence-electron chi connectivity index (χ2n) is 3.24. The molecule has 0 aliphatic carbocycles. The van der Waals surface area contributed by atoms with Gasteiger partial charge >= 0.3 is 0 Å². The van der Waals surface area contributed by atoms with Crippen molar-refractivity contribution in [1.82, 2.24) is 0 Å². The second-order valence-corrected chi connectivity index (χ2v) is 4.02. The molecule has 0 bridgehead atoms. The summed E-state index contributed by atoms with van der Waals surface area (Å²) in [5, 5.41) is 3.75. The lowest BCUT2D eigenvalue weighted by Crippen LogP contribution is -2.11. The molecule has 0 radical (unpaired) electrons. The predicted octanol–water partition coefficient (Wildman–Crippen LogP) is 3.50. The molecule has 0 spiro atoms. The first kappa shape index (κ1) is 13.1. The normalized spacial score (nSPS) is 11.9. The van der Waals surface area contributed by atoms with E-state index >= 15 is 0 Å². The van der Waals surface area contributed by atoms with Crippen molar-refractivity contribution in [2.24, 2.45) is 5.73 Å². The highest BCUT2D eigenvalue weighted by Gasteiger charge is 2.11. The molecular formula is C11H10ClF2NS. The fourth-order valence-electron chi connectivity index (χ4n) is 1.40. The van der Waals surface area contributed by atoms with Crippen molar-refractivity contribution in [2.45, 2.75) is 6.04 Å². The molecule has 1 aromatic carbocycles. The van der Waals surface area contributed by atoms with Gasteiger partial charge in [-0.1, -0.05) is 0 Å². The number of rotatable bonds is 2. The molecule has 1 nitrogen and oxygen atoms in total. The van der Waals surface area contributed by atoms with E-state index in [1.165, 1.54) is 23.5 Å². The zero-order valence-corrected chi connectivity index (χ0v) is 9.82. The quantitative estimate of drug-likeness (QED) is 0.880. The zero-order valence-electron chi connectivity index (χ0n) is 8.19. The van der Waals surface area contributed by atoms with Gasteiger partial charge in [0, 0.05) is 6.07 Å². The third-order valence-corrected chi connectivity index (χ3v) is 2.85. The smallest absolute Gasteiger partial charge is 0.126 e. The van der Waals surface area contributed by atoms with E-state index in [0.717, 1.165) is 11.6 Å². The van der Waals surface area contributed by atoms with Crippen molar-refractivity contribution < 1.29 is 8.78 Å². The van der Waals surface area contributed by atoms with Crippen LogP contribution < -0.4 is 5.73 Å². The number of benzene rings is 1. The van der Waals surface area contributed by atoms with Crippen LogP contribution in [0.15, 0.2) is 35.0 Å². The minimum Gasteiger partial charge on any atom is -0.320 e. The Morgan fingerprint density at radius 1 is 1.06 bits per heavy atom. The number of hydrogen-bond acceptors (Lipinski definition) is 2. The van der Waals surface area contributed by atoms with Gasteiger partial charge in [0.15, 0.2) is 0 Å². The minimum atomic E-state index is -0.601. The van der Waals surface area contributed by atoms with Crippen LogP contribution in [0.1, 0.15) is 17.2 Å². The Kier molecular flexibility index (Phi) is 4.41. The SMILES string of the molecule is Cl.N[C@@H](c1ccsc1)c1cc(F)cc(F)c1. The summed E-state index contributed by atoms with van der Waals surface area (Å²) in [6.45, 7) is 0. The molecule has 1 heterocycles. The lowest BCUT2D eigenvalue weighted by atomic mass is 10.0. The van der Waals surface area contributed by atoms with Crippen LogP contribution in [0.25, 0.3) is 0 Å². The Bertz CT molecular complexity index is 439. The van der Waals surface area contributed by atoms with E-state index in [4.69, 9.17) is 5.73 Å². The Morgan fingerprint density at radius 2 is 1.69 bits per heavy atom. The Hall–Kier alpha value is -0.970. The fourth-order valence-corrected chi connectivity index (χ4v) is 2.10. The second kappa shape index (κ2) is 5.39. The number of thiophene rings is 1. The van der Waals surface area contributed by atoms with E-state index in [2.05, 4.69) is 0 Å². The van der Waals surface area contributed by atoms with Gasteiger partial charge in [0.25, 0.3) is 0 Å². The Morgan fingerprint density at radius 3 is 2.19 bits per heavy atom. The monoisotopic (exact) mass is 261 g/mol. The molecule has 0 fully saturated rings. The maximum atomic E-state index is 12.9. The minimum absolute atomic E-state index is 0. The van der Waals surface area contributed by atoms with Crippen LogP contribution >= 0.6 is 23.7 Å². The first-order chi connectivity index (χ1) is 7.16. The maximum absolute atomic E-state index is 12.9. The average Bonchev–Trinajstić information content (AvgIpc) is 2.67. The third-order valence-electron chi connectivity index (χ3n) is 2.15. The molecule has 0 unspecified atom stereocenters. The number of nitrogens with two attached hydrogens (primary N) is 1. The highest BCUT2D eigenvalue weighted by atomic mass is 35.5. The van der Waals surface area contributed by atoms with Crippen molar-refractivity contribution in [3.8, 4) is 0 Å². The summed E-state index contributed by atoms with van der Waals surface area (Å²) in [5.41, 5.74) is 7.19. The van der Waals surface area contributed by atoms with Crippen molar-refractivity contribution in [3.63, 3.8) is 0 Å². The van der Waals surface area contributed by atoms with Gasteiger partial charge in [0.2, 0.25) is 0 Å². The van der Waals surface area contributed by atoms with Crippen LogP contribution in [-0.2, 0) is 0 Å². The standard InChI is InChI=1S/C11H9F2NS.ClH/c12-9-3-8(4-10(13)5-9)11(14)7-1-2-15-6-7;/h1-6,11H,14H2;1H/t11-;/m0./s1. The lowest BCUT2D eigenvalue weighted by molar-refractivity contribution is 0.577. The molecule has 0 aliphatic rings. The Balaban J connectivity index is 0.00000128. The summed E-state index contributed by atoms with van der Waals surface area (Å²) < 4.78 is 25.9.